The molecule has 5 nitrogen and oxygen atoms in total. The molecule has 19 heavy (non-hydrogen) atoms. The van der Waals surface area contributed by atoms with Gasteiger partial charge >= 0.3 is 5.97 Å². The van der Waals surface area contributed by atoms with Crippen LogP contribution in [0.5, 0.6) is 0 Å². The van der Waals surface area contributed by atoms with Crippen LogP contribution in [-0.2, 0) is 19.0 Å². The highest BCUT2D eigenvalue weighted by Gasteiger charge is 2.48. The lowest BCUT2D eigenvalue weighted by molar-refractivity contribution is -0.170. The summed E-state index contributed by atoms with van der Waals surface area (Å²) in [6.07, 6.45) is -1.53. The van der Waals surface area contributed by atoms with E-state index in [9.17, 15) is 4.79 Å². The van der Waals surface area contributed by atoms with Gasteiger partial charge in [0.2, 0.25) is 0 Å². The van der Waals surface area contributed by atoms with E-state index >= 15 is 0 Å². The van der Waals surface area contributed by atoms with Gasteiger partial charge in [-0.1, -0.05) is 23.2 Å². The molecule has 1 fully saturated rings. The molecular formula is C11H13Cl2NO4S. The van der Waals surface area contributed by atoms with Gasteiger partial charge in [0.25, 0.3) is 0 Å². The summed E-state index contributed by atoms with van der Waals surface area (Å²) in [7, 11) is 0. The van der Waals surface area contributed by atoms with E-state index < -0.39 is 24.0 Å². The highest BCUT2D eigenvalue weighted by atomic mass is 35.5. The number of rotatable bonds is 3. The molecule has 0 aromatic carbocycles. The number of aromatic nitrogens is 1. The van der Waals surface area contributed by atoms with Gasteiger partial charge in [0, 0.05) is 0 Å². The average molecular weight is 326 g/mol. The molecule has 106 valence electrons. The van der Waals surface area contributed by atoms with Crippen LogP contribution in [0.4, 0.5) is 0 Å². The number of hydrogen-bond acceptors (Lipinski definition) is 6. The normalized spacial score (nSPS) is 25.5. The van der Waals surface area contributed by atoms with Gasteiger partial charge in [0.1, 0.15) is 11.3 Å². The Kier molecular flexibility index (Phi) is 4.37. The molecule has 0 spiro atoms. The van der Waals surface area contributed by atoms with Crippen molar-refractivity contribution in [1.29, 1.82) is 0 Å². The van der Waals surface area contributed by atoms with Crippen molar-refractivity contribution in [1.82, 2.24) is 4.98 Å². The van der Waals surface area contributed by atoms with Gasteiger partial charge in [-0.05, 0) is 20.8 Å². The number of esters is 1. The van der Waals surface area contributed by atoms with Crippen LogP contribution in [-0.4, -0.2) is 29.5 Å². The highest BCUT2D eigenvalue weighted by Crippen LogP contribution is 2.44. The molecule has 2 atom stereocenters. The van der Waals surface area contributed by atoms with E-state index in [4.69, 9.17) is 37.4 Å². The number of hydrogen-bond donors (Lipinski definition) is 0. The molecule has 1 aliphatic heterocycles. The Hall–Kier alpha value is -0.400. The average Bonchev–Trinajstić information content (AvgIpc) is 2.78. The topological polar surface area (TPSA) is 57.7 Å². The molecule has 1 aromatic heterocycles. The second-order valence-electron chi connectivity index (χ2n) is 4.35. The van der Waals surface area contributed by atoms with Crippen molar-refractivity contribution in [3.05, 3.63) is 14.5 Å². The third-order valence-corrected chi connectivity index (χ3v) is 4.08. The Morgan fingerprint density at radius 1 is 1.47 bits per heavy atom. The van der Waals surface area contributed by atoms with Crippen LogP contribution in [0.2, 0.25) is 9.62 Å². The zero-order valence-corrected chi connectivity index (χ0v) is 12.9. The molecule has 0 aliphatic carbocycles. The SMILES string of the molecule is CCOC(=O)[C@@H]1OC(C)(C)O[C@H]1c1sc(Cl)nc1Cl. The van der Waals surface area contributed by atoms with Gasteiger partial charge in [-0.3, -0.25) is 0 Å². The maximum Gasteiger partial charge on any atom is 0.338 e. The Labute approximate surface area is 124 Å². The molecule has 2 rings (SSSR count). The van der Waals surface area contributed by atoms with E-state index in [1.165, 1.54) is 0 Å². The minimum atomic E-state index is -0.901. The van der Waals surface area contributed by atoms with Crippen LogP contribution in [0.15, 0.2) is 0 Å². The minimum Gasteiger partial charge on any atom is -0.464 e. The Bertz CT molecular complexity index is 491. The number of halogens is 2. The van der Waals surface area contributed by atoms with Crippen molar-refractivity contribution in [3.63, 3.8) is 0 Å². The first kappa shape index (κ1) is 15.0. The smallest absolute Gasteiger partial charge is 0.338 e. The van der Waals surface area contributed by atoms with Gasteiger partial charge < -0.3 is 14.2 Å². The first-order chi connectivity index (χ1) is 8.84. The second-order valence-corrected chi connectivity index (χ2v) is 6.32. The zero-order chi connectivity index (χ0) is 14.2. The van der Waals surface area contributed by atoms with Crippen LogP contribution in [0, 0.1) is 0 Å². The number of nitrogens with zero attached hydrogens (tertiary/aromatic N) is 1. The van der Waals surface area contributed by atoms with Crippen molar-refractivity contribution in [2.24, 2.45) is 0 Å². The third-order valence-electron chi connectivity index (χ3n) is 2.46. The molecule has 1 aliphatic rings. The first-order valence-electron chi connectivity index (χ1n) is 5.68. The number of carbonyl (C=O) groups excluding carboxylic acids is 1. The van der Waals surface area contributed by atoms with Gasteiger partial charge in [0.05, 0.1) is 11.5 Å². The quantitative estimate of drug-likeness (QED) is 0.799. The second kappa shape index (κ2) is 5.54. The van der Waals surface area contributed by atoms with E-state index in [1.54, 1.807) is 20.8 Å². The van der Waals surface area contributed by atoms with Gasteiger partial charge in [0.15, 0.2) is 16.4 Å². The Balaban J connectivity index is 2.30. The maximum atomic E-state index is 11.9. The van der Waals surface area contributed by atoms with Crippen molar-refractivity contribution >= 4 is 40.5 Å². The van der Waals surface area contributed by atoms with Crippen molar-refractivity contribution in [2.75, 3.05) is 6.61 Å². The summed E-state index contributed by atoms with van der Waals surface area (Å²) < 4.78 is 16.6. The summed E-state index contributed by atoms with van der Waals surface area (Å²) in [5.41, 5.74) is 0. The van der Waals surface area contributed by atoms with Crippen LogP contribution in [0.3, 0.4) is 0 Å². The van der Waals surface area contributed by atoms with E-state index in [0.29, 0.717) is 4.88 Å². The Morgan fingerprint density at radius 3 is 2.68 bits per heavy atom. The van der Waals surface area contributed by atoms with E-state index in [-0.39, 0.29) is 16.2 Å². The van der Waals surface area contributed by atoms with Crippen LogP contribution in [0.25, 0.3) is 0 Å². The van der Waals surface area contributed by atoms with Crippen molar-refractivity contribution in [2.45, 2.75) is 38.8 Å². The summed E-state index contributed by atoms with van der Waals surface area (Å²) in [5.74, 6) is -1.39. The largest absolute Gasteiger partial charge is 0.464 e. The summed E-state index contributed by atoms with van der Waals surface area (Å²) in [6.45, 7) is 5.43. The van der Waals surface area contributed by atoms with Gasteiger partial charge in [-0.15, -0.1) is 11.3 Å². The lowest BCUT2D eigenvalue weighted by Crippen LogP contribution is -2.29. The summed E-state index contributed by atoms with van der Waals surface area (Å²) >= 11 is 13.0. The fourth-order valence-electron chi connectivity index (χ4n) is 1.81. The van der Waals surface area contributed by atoms with Gasteiger partial charge in [-0.2, -0.15) is 0 Å². The standard InChI is InChI=1S/C11H13Cl2NO4S/c1-4-16-9(15)6-5(17-11(2,3)18-6)7-8(12)14-10(13)19-7/h5-6H,4H2,1-3H3/t5-,6-/m1/s1. The lowest BCUT2D eigenvalue weighted by Gasteiger charge is -2.16. The third kappa shape index (κ3) is 3.20. The lowest BCUT2D eigenvalue weighted by atomic mass is 10.2. The molecule has 0 N–H and O–H groups in total. The maximum absolute atomic E-state index is 11.9. The fourth-order valence-corrected chi connectivity index (χ4v) is 3.28. The van der Waals surface area contributed by atoms with Crippen LogP contribution in [0.1, 0.15) is 31.8 Å². The number of ether oxygens (including phenoxy) is 3. The van der Waals surface area contributed by atoms with Gasteiger partial charge in [-0.25, -0.2) is 9.78 Å². The molecule has 2 heterocycles. The summed E-state index contributed by atoms with van der Waals surface area (Å²) in [4.78, 5) is 16.4. The Morgan fingerprint density at radius 2 is 2.16 bits per heavy atom. The number of carbonyl (C=O) groups is 1. The number of thiazole rings is 1. The predicted octanol–water partition coefficient (Wildman–Crippen LogP) is 3.21. The molecule has 0 radical (unpaired) electrons. The minimum absolute atomic E-state index is 0.218. The molecule has 0 amide bonds. The zero-order valence-electron chi connectivity index (χ0n) is 10.6. The van der Waals surface area contributed by atoms with Crippen LogP contribution < -0.4 is 0 Å². The molecule has 1 saturated heterocycles. The molecular weight excluding hydrogens is 313 g/mol. The molecule has 8 heteroatoms. The summed E-state index contributed by atoms with van der Waals surface area (Å²) in [5, 5.41) is 0.218. The van der Waals surface area contributed by atoms with Crippen LogP contribution >= 0.6 is 34.5 Å². The first-order valence-corrected chi connectivity index (χ1v) is 7.25. The van der Waals surface area contributed by atoms with E-state index in [2.05, 4.69) is 4.98 Å². The molecule has 0 saturated carbocycles. The molecule has 1 aromatic rings. The summed E-state index contributed by atoms with van der Waals surface area (Å²) in [6, 6.07) is 0. The molecule has 0 bridgehead atoms. The monoisotopic (exact) mass is 325 g/mol. The van der Waals surface area contributed by atoms with E-state index in [1.807, 2.05) is 0 Å². The van der Waals surface area contributed by atoms with Crippen molar-refractivity contribution < 1.29 is 19.0 Å². The highest BCUT2D eigenvalue weighted by molar-refractivity contribution is 7.16. The van der Waals surface area contributed by atoms with Crippen molar-refractivity contribution in [3.8, 4) is 0 Å². The molecule has 0 unspecified atom stereocenters. The fraction of sp³-hybridized carbons (Fsp3) is 0.636. The van der Waals surface area contributed by atoms with E-state index in [0.717, 1.165) is 11.3 Å². The predicted molar refractivity (Wildman–Crippen MR) is 71.5 cm³/mol.